The van der Waals surface area contributed by atoms with Crippen LogP contribution >= 0.6 is 23.2 Å². The Hall–Kier alpha value is -5.92. The zero-order valence-electron chi connectivity index (χ0n) is 29.3. The third-order valence-corrected chi connectivity index (χ3v) is 12.0. The standard InChI is InChI=1S/C40H32Cl2N4O9/c1-54-25-10-7-21(8-11-25)40-29(37(49)45(39(40)51)43-31-14-9-22(41)17-30(31)42)19-28-26(35(40)20-6-15-32(47)33(16-20)55-2)12-13-27-34(28)38(50)44(36(27)48)23-4-3-5-24(18-23)46(52)53/h3-12,14-18,27-29,34-35,43,47H,13,19H2,1-2H3. The number of allylic oxidation sites excluding steroid dienone is 2. The fraction of sp³-hybridized carbons (Fsp3) is 0.250. The number of carbonyl (C=O) groups is 4. The molecule has 6 unspecified atom stereocenters. The molecule has 8 rings (SSSR count). The Balaban J connectivity index is 1.33. The minimum absolute atomic E-state index is 0.00362. The van der Waals surface area contributed by atoms with Gasteiger partial charge in [-0.25, -0.2) is 4.90 Å². The lowest BCUT2D eigenvalue weighted by molar-refractivity contribution is -0.384. The molecule has 2 heterocycles. The first-order chi connectivity index (χ1) is 26.4. The summed E-state index contributed by atoms with van der Waals surface area (Å²) >= 11 is 12.7. The quantitative estimate of drug-likeness (QED) is 0.0838. The van der Waals surface area contributed by atoms with Gasteiger partial charge in [0.2, 0.25) is 11.8 Å². The molecule has 2 aliphatic heterocycles. The predicted molar refractivity (Wildman–Crippen MR) is 201 cm³/mol. The van der Waals surface area contributed by atoms with Gasteiger partial charge in [0.25, 0.3) is 17.5 Å². The number of hydrogen-bond acceptors (Lipinski definition) is 10. The molecule has 4 aromatic rings. The Morgan fingerprint density at radius 3 is 2.35 bits per heavy atom. The fourth-order valence-corrected chi connectivity index (χ4v) is 9.54. The number of nitrogens with one attached hydrogen (secondary N) is 1. The lowest BCUT2D eigenvalue weighted by Gasteiger charge is -2.50. The lowest BCUT2D eigenvalue weighted by Crippen LogP contribution is -2.53. The van der Waals surface area contributed by atoms with E-state index in [2.05, 4.69) is 5.43 Å². The molecule has 55 heavy (non-hydrogen) atoms. The average Bonchev–Trinajstić information content (AvgIpc) is 3.56. The van der Waals surface area contributed by atoms with Gasteiger partial charge in [-0.1, -0.05) is 59.1 Å². The number of rotatable bonds is 8. The van der Waals surface area contributed by atoms with Crippen molar-refractivity contribution < 1.29 is 38.7 Å². The molecule has 2 aliphatic carbocycles. The number of hydrazine groups is 1. The molecular weight excluding hydrogens is 751 g/mol. The van der Waals surface area contributed by atoms with Crippen molar-refractivity contribution in [2.45, 2.75) is 24.2 Å². The van der Waals surface area contributed by atoms with E-state index in [4.69, 9.17) is 32.7 Å². The lowest BCUT2D eigenvalue weighted by atomic mass is 9.49. The molecule has 4 aliphatic rings. The minimum Gasteiger partial charge on any atom is -0.504 e. The molecule has 0 spiro atoms. The van der Waals surface area contributed by atoms with Crippen molar-refractivity contribution in [1.29, 1.82) is 0 Å². The zero-order chi connectivity index (χ0) is 38.9. The second-order valence-electron chi connectivity index (χ2n) is 13.9. The van der Waals surface area contributed by atoms with E-state index in [0.717, 1.165) is 9.91 Å². The number of aromatic hydroxyl groups is 1. The third kappa shape index (κ3) is 5.43. The van der Waals surface area contributed by atoms with E-state index in [1.54, 1.807) is 48.5 Å². The molecule has 0 aromatic heterocycles. The molecule has 0 radical (unpaired) electrons. The largest absolute Gasteiger partial charge is 0.504 e. The molecule has 4 amide bonds. The normalized spacial score (nSPS) is 25.6. The van der Waals surface area contributed by atoms with Crippen LogP contribution in [-0.4, -0.2) is 52.9 Å². The number of phenols is 1. The van der Waals surface area contributed by atoms with E-state index in [1.807, 2.05) is 6.08 Å². The van der Waals surface area contributed by atoms with Gasteiger partial charge in [0.1, 0.15) is 5.75 Å². The van der Waals surface area contributed by atoms with Crippen LogP contribution in [0.5, 0.6) is 17.2 Å². The average molecular weight is 784 g/mol. The molecule has 15 heteroatoms. The number of benzene rings is 4. The predicted octanol–water partition coefficient (Wildman–Crippen LogP) is 6.81. The third-order valence-electron chi connectivity index (χ3n) is 11.4. The Morgan fingerprint density at radius 2 is 1.65 bits per heavy atom. The topological polar surface area (TPSA) is 169 Å². The summed E-state index contributed by atoms with van der Waals surface area (Å²) in [5.74, 6) is -6.23. The van der Waals surface area contributed by atoms with Crippen LogP contribution in [-0.2, 0) is 24.6 Å². The fourth-order valence-electron chi connectivity index (χ4n) is 9.09. The molecule has 4 aromatic carbocycles. The first-order valence-corrected chi connectivity index (χ1v) is 18.1. The summed E-state index contributed by atoms with van der Waals surface area (Å²) in [6.07, 6.45) is 2.01. The van der Waals surface area contributed by atoms with Gasteiger partial charge in [0.15, 0.2) is 11.5 Å². The summed E-state index contributed by atoms with van der Waals surface area (Å²) in [4.78, 5) is 71.0. The number of non-ortho nitro benzene ring substituents is 1. The molecule has 6 atom stereocenters. The number of ether oxygens (including phenoxy) is 2. The number of nitrogens with zero attached hydrogens (tertiary/aromatic N) is 3. The van der Waals surface area contributed by atoms with Crippen LogP contribution in [0.4, 0.5) is 17.1 Å². The first kappa shape index (κ1) is 36.1. The molecule has 0 bridgehead atoms. The van der Waals surface area contributed by atoms with E-state index >= 15 is 4.79 Å². The van der Waals surface area contributed by atoms with Gasteiger partial charge in [-0.05, 0) is 78.4 Å². The second kappa shape index (κ2) is 13.4. The van der Waals surface area contributed by atoms with Crippen LogP contribution < -0.4 is 19.8 Å². The van der Waals surface area contributed by atoms with Crippen molar-refractivity contribution in [1.82, 2.24) is 5.01 Å². The van der Waals surface area contributed by atoms with Crippen LogP contribution in [0.15, 0.2) is 96.6 Å². The second-order valence-corrected chi connectivity index (χ2v) is 14.8. The molecular formula is C40H32Cl2N4O9. The number of carbonyl (C=O) groups excluding carboxylic acids is 4. The van der Waals surface area contributed by atoms with Crippen LogP contribution in [0.3, 0.4) is 0 Å². The number of halogens is 2. The Labute approximate surface area is 324 Å². The van der Waals surface area contributed by atoms with E-state index in [-0.39, 0.29) is 46.4 Å². The summed E-state index contributed by atoms with van der Waals surface area (Å²) in [5, 5.41) is 23.8. The van der Waals surface area contributed by atoms with Gasteiger partial charge in [-0.15, -0.1) is 0 Å². The van der Waals surface area contributed by atoms with Crippen molar-refractivity contribution in [2.24, 2.45) is 23.7 Å². The molecule has 2 N–H and O–H groups in total. The summed E-state index contributed by atoms with van der Waals surface area (Å²) in [6, 6.07) is 21.5. The monoisotopic (exact) mass is 782 g/mol. The number of nitro groups is 1. The van der Waals surface area contributed by atoms with Gasteiger partial charge in [0, 0.05) is 23.1 Å². The SMILES string of the molecule is COc1ccc(C23C(=O)N(Nc4ccc(Cl)cc4Cl)C(=O)C2CC2C(=CCC4C(=O)N(c5cccc([N+](=O)[O-])c5)C(=O)C42)C3c2ccc(O)c(OC)c2)cc1. The smallest absolute Gasteiger partial charge is 0.271 e. The summed E-state index contributed by atoms with van der Waals surface area (Å²) in [5.41, 5.74) is 3.04. The van der Waals surface area contributed by atoms with Crippen molar-refractivity contribution in [3.63, 3.8) is 0 Å². The highest BCUT2D eigenvalue weighted by Crippen LogP contribution is 2.64. The van der Waals surface area contributed by atoms with Gasteiger partial charge in [-0.2, -0.15) is 5.01 Å². The minimum atomic E-state index is -1.63. The molecule has 2 saturated heterocycles. The highest BCUT2D eigenvalue weighted by molar-refractivity contribution is 6.36. The maximum Gasteiger partial charge on any atom is 0.271 e. The first-order valence-electron chi connectivity index (χ1n) is 17.3. The van der Waals surface area contributed by atoms with E-state index in [0.29, 0.717) is 27.5 Å². The van der Waals surface area contributed by atoms with Crippen LogP contribution in [0.1, 0.15) is 29.9 Å². The van der Waals surface area contributed by atoms with Crippen molar-refractivity contribution in [3.8, 4) is 17.2 Å². The summed E-state index contributed by atoms with van der Waals surface area (Å²) in [7, 11) is 2.91. The summed E-state index contributed by atoms with van der Waals surface area (Å²) < 4.78 is 11.0. The number of phenolic OH excluding ortho intramolecular Hbond substituents is 1. The van der Waals surface area contributed by atoms with Crippen molar-refractivity contribution >= 4 is 63.9 Å². The summed E-state index contributed by atoms with van der Waals surface area (Å²) in [6.45, 7) is 0. The molecule has 280 valence electrons. The Bertz CT molecular complexity index is 2350. The number of hydrogen-bond donors (Lipinski definition) is 2. The number of fused-ring (bicyclic) bond motifs is 4. The Kier molecular flexibility index (Phi) is 8.81. The van der Waals surface area contributed by atoms with E-state index in [1.165, 1.54) is 50.6 Å². The highest BCUT2D eigenvalue weighted by atomic mass is 35.5. The van der Waals surface area contributed by atoms with Crippen LogP contribution in [0.2, 0.25) is 10.0 Å². The van der Waals surface area contributed by atoms with Crippen LogP contribution in [0.25, 0.3) is 0 Å². The maximum absolute atomic E-state index is 15.4. The number of imide groups is 2. The van der Waals surface area contributed by atoms with Gasteiger partial charge >= 0.3 is 0 Å². The molecule has 3 fully saturated rings. The highest BCUT2D eigenvalue weighted by Gasteiger charge is 2.70. The molecule has 1 saturated carbocycles. The van der Waals surface area contributed by atoms with Gasteiger partial charge in [0.05, 0.1) is 58.7 Å². The number of nitro benzene ring substituents is 1. The van der Waals surface area contributed by atoms with Crippen molar-refractivity contribution in [2.75, 3.05) is 24.5 Å². The Morgan fingerprint density at radius 1 is 0.891 bits per heavy atom. The number of anilines is 2. The van der Waals surface area contributed by atoms with Crippen molar-refractivity contribution in [3.05, 3.63) is 128 Å². The van der Waals surface area contributed by atoms with Gasteiger partial charge in [-0.3, -0.25) is 34.7 Å². The van der Waals surface area contributed by atoms with Gasteiger partial charge < -0.3 is 14.6 Å². The number of methoxy groups -OCH3 is 2. The molecule has 13 nitrogen and oxygen atoms in total. The van der Waals surface area contributed by atoms with E-state index in [9.17, 15) is 29.6 Å². The maximum atomic E-state index is 15.4. The van der Waals surface area contributed by atoms with Crippen LogP contribution in [0, 0.1) is 33.8 Å². The van der Waals surface area contributed by atoms with E-state index < -0.39 is 63.6 Å². The number of amides is 4. The zero-order valence-corrected chi connectivity index (χ0v) is 30.8.